The number of hydrogen-bond acceptors (Lipinski definition) is 0. The van der Waals surface area contributed by atoms with E-state index in [0.29, 0.717) is 0 Å². The van der Waals surface area contributed by atoms with Crippen LogP contribution in [0.4, 0.5) is 0 Å². The van der Waals surface area contributed by atoms with Gasteiger partial charge in [0.05, 0.1) is 0 Å². The van der Waals surface area contributed by atoms with Gasteiger partial charge < -0.3 is 0 Å². The van der Waals surface area contributed by atoms with Gasteiger partial charge in [0, 0.05) is 0 Å². The summed E-state index contributed by atoms with van der Waals surface area (Å²) >= 11 is 0. The van der Waals surface area contributed by atoms with Crippen LogP contribution < -0.4 is 0 Å². The first-order valence-corrected chi connectivity index (χ1v) is 0.986. The maximum absolute atomic E-state index is 3.36. The SMILES string of the molecule is C=CC.[NaH].[NaH].[NaH]. The van der Waals surface area contributed by atoms with Crippen LogP contribution in [0.1, 0.15) is 6.92 Å². The molecule has 0 fully saturated rings. The molecule has 0 aromatic carbocycles. The third-order valence-corrected chi connectivity index (χ3v) is 0. The number of hydrogen-bond donors (Lipinski definition) is 0. The van der Waals surface area contributed by atoms with Crippen molar-refractivity contribution in [2.75, 3.05) is 0 Å². The second-order valence-electron chi connectivity index (χ2n) is 0.408. The van der Waals surface area contributed by atoms with Crippen molar-refractivity contribution in [3.63, 3.8) is 0 Å². The summed E-state index contributed by atoms with van der Waals surface area (Å²) in [5, 5.41) is 0. The maximum atomic E-state index is 3.36. The number of allylic oxidation sites excluding steroid dienone is 1. The Morgan fingerprint density at radius 2 is 1.17 bits per heavy atom. The molecule has 0 unspecified atom stereocenters. The summed E-state index contributed by atoms with van der Waals surface area (Å²) in [4.78, 5) is 0. The summed E-state index contributed by atoms with van der Waals surface area (Å²) in [5.74, 6) is 0. The van der Waals surface area contributed by atoms with Crippen LogP contribution in [0.3, 0.4) is 0 Å². The van der Waals surface area contributed by atoms with Gasteiger partial charge in [0.25, 0.3) is 0 Å². The van der Waals surface area contributed by atoms with E-state index in [1.54, 1.807) is 6.08 Å². The quantitative estimate of drug-likeness (QED) is 0.287. The molecule has 0 saturated heterocycles. The second kappa shape index (κ2) is 25.1. The monoisotopic (exact) mass is 114 g/mol. The zero-order chi connectivity index (χ0) is 2.71. The summed E-state index contributed by atoms with van der Waals surface area (Å²) < 4.78 is 0. The Kier molecular flexibility index (Phi) is 97.6. The zero-order valence-corrected chi connectivity index (χ0v) is 2.28. The van der Waals surface area contributed by atoms with E-state index in [-0.39, 0.29) is 88.7 Å². The summed E-state index contributed by atoms with van der Waals surface area (Å²) in [7, 11) is 0. The van der Waals surface area contributed by atoms with Gasteiger partial charge in [-0.25, -0.2) is 0 Å². The van der Waals surface area contributed by atoms with E-state index >= 15 is 0 Å². The molecule has 0 saturated carbocycles. The van der Waals surface area contributed by atoms with Crippen molar-refractivity contribution in [1.29, 1.82) is 0 Å². The molecule has 0 aromatic rings. The predicted molar refractivity (Wildman–Crippen MR) is 37.3 cm³/mol. The molecule has 0 bridgehead atoms. The minimum absolute atomic E-state index is 0. The van der Waals surface area contributed by atoms with E-state index < -0.39 is 0 Å². The molecule has 0 atom stereocenters. The van der Waals surface area contributed by atoms with E-state index in [0.717, 1.165) is 0 Å². The number of rotatable bonds is 0. The first kappa shape index (κ1) is 23.3. The molecule has 0 heterocycles. The van der Waals surface area contributed by atoms with Crippen LogP contribution in [0.5, 0.6) is 0 Å². The van der Waals surface area contributed by atoms with Crippen LogP contribution in [-0.4, -0.2) is 88.7 Å². The topological polar surface area (TPSA) is 0 Å². The summed E-state index contributed by atoms with van der Waals surface area (Å²) in [6.07, 6.45) is 1.75. The molecule has 3 heteroatoms. The van der Waals surface area contributed by atoms with Gasteiger partial charge in [-0.05, 0) is 6.92 Å². The van der Waals surface area contributed by atoms with Gasteiger partial charge in [0.1, 0.15) is 0 Å². The third-order valence-electron chi connectivity index (χ3n) is 0. The molecule has 0 aliphatic rings. The Labute approximate surface area is 106 Å². The first-order chi connectivity index (χ1) is 1.41. The molecule has 0 nitrogen and oxygen atoms in total. The summed E-state index contributed by atoms with van der Waals surface area (Å²) in [6, 6.07) is 0. The second-order valence-corrected chi connectivity index (χ2v) is 0.408. The fourth-order valence-corrected chi connectivity index (χ4v) is 0. The molecule has 6 heavy (non-hydrogen) atoms. The van der Waals surface area contributed by atoms with Crippen LogP contribution in [0.25, 0.3) is 0 Å². The average Bonchev–Trinajstić information content (AvgIpc) is 0.918. The van der Waals surface area contributed by atoms with E-state index in [9.17, 15) is 0 Å². The molecule has 0 rings (SSSR count). The summed E-state index contributed by atoms with van der Waals surface area (Å²) in [6.45, 7) is 5.25. The van der Waals surface area contributed by atoms with Gasteiger partial charge in [0.15, 0.2) is 0 Å². The normalized spacial score (nSPS) is 2.17. The standard InChI is InChI=1S/C3H6.3Na.3H/c1-3-2;;;;;;/h3H,1H2,2H3;;;;;;. The van der Waals surface area contributed by atoms with E-state index in [1.165, 1.54) is 0 Å². The van der Waals surface area contributed by atoms with Gasteiger partial charge in [-0.3, -0.25) is 0 Å². The molecule has 0 spiro atoms. The van der Waals surface area contributed by atoms with E-state index in [1.807, 2.05) is 6.92 Å². The van der Waals surface area contributed by atoms with Crippen LogP contribution in [0, 0.1) is 0 Å². The molecule has 0 amide bonds. The van der Waals surface area contributed by atoms with Crippen molar-refractivity contribution < 1.29 is 0 Å². The Morgan fingerprint density at radius 3 is 1.17 bits per heavy atom. The van der Waals surface area contributed by atoms with Crippen molar-refractivity contribution in [3.8, 4) is 0 Å². The molecular formula is C3H9Na3. The Bertz CT molecular complexity index is 13.5. The van der Waals surface area contributed by atoms with Crippen molar-refractivity contribution in [2.24, 2.45) is 0 Å². The van der Waals surface area contributed by atoms with Crippen molar-refractivity contribution in [3.05, 3.63) is 12.7 Å². The van der Waals surface area contributed by atoms with Crippen LogP contribution in [-0.2, 0) is 0 Å². The molecule has 0 aliphatic carbocycles. The molecule has 24 valence electrons. The Hall–Kier alpha value is 2.74. The van der Waals surface area contributed by atoms with E-state index in [4.69, 9.17) is 0 Å². The fourth-order valence-electron chi connectivity index (χ4n) is 0. The minimum atomic E-state index is 0. The Morgan fingerprint density at radius 1 is 1.17 bits per heavy atom. The van der Waals surface area contributed by atoms with Gasteiger partial charge >= 0.3 is 88.7 Å². The van der Waals surface area contributed by atoms with Gasteiger partial charge in [0.2, 0.25) is 0 Å². The van der Waals surface area contributed by atoms with Crippen molar-refractivity contribution in [2.45, 2.75) is 6.92 Å². The molecule has 0 radical (unpaired) electrons. The predicted octanol–water partition coefficient (Wildman–Crippen LogP) is -0.753. The summed E-state index contributed by atoms with van der Waals surface area (Å²) in [5.41, 5.74) is 0. The van der Waals surface area contributed by atoms with Crippen molar-refractivity contribution >= 4 is 88.7 Å². The first-order valence-electron chi connectivity index (χ1n) is 0.986. The molecule has 0 aromatic heterocycles. The Balaban J connectivity index is -0.00000000667. The van der Waals surface area contributed by atoms with Crippen LogP contribution >= 0.6 is 0 Å². The van der Waals surface area contributed by atoms with Crippen LogP contribution in [0.15, 0.2) is 12.7 Å². The zero-order valence-electron chi connectivity index (χ0n) is 2.28. The average molecular weight is 114 g/mol. The fraction of sp³-hybridized carbons (Fsp3) is 0.333. The van der Waals surface area contributed by atoms with Gasteiger partial charge in [-0.1, -0.05) is 6.08 Å². The van der Waals surface area contributed by atoms with Gasteiger partial charge in [-0.2, -0.15) is 0 Å². The van der Waals surface area contributed by atoms with Crippen molar-refractivity contribution in [1.82, 2.24) is 0 Å². The molecule has 0 aliphatic heterocycles. The molecular weight excluding hydrogens is 105 g/mol. The third kappa shape index (κ3) is 29.6. The van der Waals surface area contributed by atoms with Gasteiger partial charge in [-0.15, -0.1) is 6.58 Å². The van der Waals surface area contributed by atoms with E-state index in [2.05, 4.69) is 6.58 Å². The van der Waals surface area contributed by atoms with Crippen LogP contribution in [0.2, 0.25) is 0 Å². The molecule has 0 N–H and O–H groups in total.